The van der Waals surface area contributed by atoms with Crippen molar-refractivity contribution in [3.05, 3.63) is 16.1 Å². The summed E-state index contributed by atoms with van der Waals surface area (Å²) in [6.45, 7) is 7.62. The van der Waals surface area contributed by atoms with Crippen LogP contribution in [0.5, 0.6) is 0 Å². The van der Waals surface area contributed by atoms with E-state index in [2.05, 4.69) is 34.6 Å². The Morgan fingerprint density at radius 2 is 2.12 bits per heavy atom. The van der Waals surface area contributed by atoms with Crippen molar-refractivity contribution in [3.63, 3.8) is 0 Å². The average Bonchev–Trinajstić information content (AvgIpc) is 3.05. The quantitative estimate of drug-likeness (QED) is 0.372. The van der Waals surface area contributed by atoms with Gasteiger partial charge in [-0.3, -0.25) is 4.99 Å². The zero-order chi connectivity index (χ0) is 18.6. The van der Waals surface area contributed by atoms with E-state index in [1.54, 1.807) is 11.3 Å². The summed E-state index contributed by atoms with van der Waals surface area (Å²) in [5.41, 5.74) is 1.11. The number of aryl methyl sites for hydroxylation is 1. The van der Waals surface area contributed by atoms with E-state index in [4.69, 9.17) is 9.73 Å². The van der Waals surface area contributed by atoms with Crippen LogP contribution in [-0.2, 0) is 11.3 Å². The fourth-order valence-electron chi connectivity index (χ4n) is 3.33. The van der Waals surface area contributed by atoms with Crippen molar-refractivity contribution < 1.29 is 4.74 Å². The molecule has 0 amide bonds. The second-order valence-corrected chi connectivity index (χ2v) is 8.20. The second kappa shape index (κ2) is 12.3. The number of ether oxygens (including phenoxy) is 1. The largest absolute Gasteiger partial charge is 0.378 e. The smallest absolute Gasteiger partial charge is 0.194 e. The fourth-order valence-corrected chi connectivity index (χ4v) is 3.93. The van der Waals surface area contributed by atoms with Gasteiger partial charge in [0.05, 0.1) is 23.4 Å². The highest BCUT2D eigenvalue weighted by atomic mass is 32.1. The van der Waals surface area contributed by atoms with E-state index >= 15 is 0 Å². The minimum atomic E-state index is 0.533. The number of aliphatic imine (C=N–C) groups is 1. The molecule has 1 aromatic rings. The molecule has 0 spiro atoms. The van der Waals surface area contributed by atoms with Crippen LogP contribution in [-0.4, -0.2) is 48.7 Å². The van der Waals surface area contributed by atoms with E-state index in [1.807, 2.05) is 6.92 Å². The lowest BCUT2D eigenvalue weighted by atomic mass is 9.98. The minimum absolute atomic E-state index is 0.533. The zero-order valence-corrected chi connectivity index (χ0v) is 17.6. The van der Waals surface area contributed by atoms with E-state index in [0.717, 1.165) is 55.7 Å². The Balaban J connectivity index is 1.62. The van der Waals surface area contributed by atoms with Crippen LogP contribution >= 0.6 is 11.3 Å². The molecule has 0 atom stereocenters. The SMILES string of the molecule is CCNC(=NCCCCCOC1CCCCC1)N(C)Cc1csc(C)n1. The molecule has 6 heteroatoms. The summed E-state index contributed by atoms with van der Waals surface area (Å²) in [7, 11) is 2.08. The highest BCUT2D eigenvalue weighted by Gasteiger charge is 2.13. The summed E-state index contributed by atoms with van der Waals surface area (Å²) >= 11 is 1.70. The van der Waals surface area contributed by atoms with Crippen molar-refractivity contribution >= 4 is 17.3 Å². The van der Waals surface area contributed by atoms with Crippen molar-refractivity contribution in [2.75, 3.05) is 26.7 Å². The molecule has 1 aromatic heterocycles. The van der Waals surface area contributed by atoms with Gasteiger partial charge in [0, 0.05) is 32.1 Å². The first kappa shape index (κ1) is 21.2. The van der Waals surface area contributed by atoms with E-state index in [0.29, 0.717) is 6.10 Å². The van der Waals surface area contributed by atoms with Crippen LogP contribution < -0.4 is 5.32 Å². The van der Waals surface area contributed by atoms with Gasteiger partial charge in [-0.2, -0.15) is 0 Å². The number of aromatic nitrogens is 1. The highest BCUT2D eigenvalue weighted by Crippen LogP contribution is 2.20. The van der Waals surface area contributed by atoms with Crippen molar-refractivity contribution in [2.24, 2.45) is 4.99 Å². The first-order valence-electron chi connectivity index (χ1n) is 10.2. The van der Waals surface area contributed by atoms with Crippen LogP contribution in [0.15, 0.2) is 10.4 Å². The molecular formula is C20H36N4OS. The lowest BCUT2D eigenvalue weighted by Crippen LogP contribution is -2.38. The third-order valence-corrected chi connectivity index (χ3v) is 5.55. The molecule has 1 heterocycles. The lowest BCUT2D eigenvalue weighted by Gasteiger charge is -2.22. The Hall–Kier alpha value is -1.14. The normalized spacial score (nSPS) is 16.0. The number of guanidine groups is 1. The van der Waals surface area contributed by atoms with Gasteiger partial charge in [0.15, 0.2) is 5.96 Å². The molecule has 0 aromatic carbocycles. The molecule has 0 radical (unpaired) electrons. The minimum Gasteiger partial charge on any atom is -0.378 e. The van der Waals surface area contributed by atoms with Crippen molar-refractivity contribution in [3.8, 4) is 0 Å². The van der Waals surface area contributed by atoms with Crippen molar-refractivity contribution in [1.29, 1.82) is 0 Å². The third kappa shape index (κ3) is 8.04. The molecule has 5 nitrogen and oxygen atoms in total. The molecule has 0 aliphatic heterocycles. The molecule has 2 rings (SSSR count). The van der Waals surface area contributed by atoms with Crippen LogP contribution in [0.2, 0.25) is 0 Å². The van der Waals surface area contributed by atoms with Gasteiger partial charge in [0.1, 0.15) is 0 Å². The standard InChI is InChI=1S/C20H36N4OS/c1-4-21-20(24(3)15-18-16-26-17(2)23-18)22-13-9-6-10-14-25-19-11-7-5-8-12-19/h16,19H,4-15H2,1-3H3,(H,21,22). The summed E-state index contributed by atoms with van der Waals surface area (Å²) in [5.74, 6) is 0.969. The molecule has 1 saturated carbocycles. The van der Waals surface area contributed by atoms with Crippen LogP contribution in [0.4, 0.5) is 0 Å². The van der Waals surface area contributed by atoms with Gasteiger partial charge in [-0.15, -0.1) is 11.3 Å². The summed E-state index contributed by atoms with van der Waals surface area (Å²) in [6, 6.07) is 0. The maximum absolute atomic E-state index is 5.99. The van der Waals surface area contributed by atoms with Gasteiger partial charge < -0.3 is 15.0 Å². The first-order valence-corrected chi connectivity index (χ1v) is 11.1. The van der Waals surface area contributed by atoms with Crippen LogP contribution in [0.1, 0.15) is 69.0 Å². The molecule has 0 bridgehead atoms. The first-order chi connectivity index (χ1) is 12.7. The molecule has 1 aliphatic carbocycles. The number of hydrogen-bond donors (Lipinski definition) is 1. The Morgan fingerprint density at radius 1 is 1.31 bits per heavy atom. The predicted molar refractivity (Wildman–Crippen MR) is 111 cm³/mol. The highest BCUT2D eigenvalue weighted by molar-refractivity contribution is 7.09. The Bertz CT molecular complexity index is 526. The number of nitrogens with zero attached hydrogens (tertiary/aromatic N) is 3. The van der Waals surface area contributed by atoms with Gasteiger partial charge >= 0.3 is 0 Å². The van der Waals surface area contributed by atoms with Crippen LogP contribution in [0.3, 0.4) is 0 Å². The summed E-state index contributed by atoms with van der Waals surface area (Å²) < 4.78 is 5.99. The maximum atomic E-state index is 5.99. The van der Waals surface area contributed by atoms with Gasteiger partial charge in [-0.1, -0.05) is 19.3 Å². The Morgan fingerprint density at radius 3 is 2.81 bits per heavy atom. The molecule has 148 valence electrons. The topological polar surface area (TPSA) is 49.8 Å². The molecule has 1 fully saturated rings. The van der Waals surface area contributed by atoms with E-state index in [9.17, 15) is 0 Å². The summed E-state index contributed by atoms with van der Waals surface area (Å²) in [4.78, 5) is 11.5. The number of nitrogens with one attached hydrogen (secondary N) is 1. The fraction of sp³-hybridized carbons (Fsp3) is 0.800. The Kier molecular flexibility index (Phi) is 10.00. The van der Waals surface area contributed by atoms with Crippen molar-refractivity contribution in [1.82, 2.24) is 15.2 Å². The average molecular weight is 381 g/mol. The van der Waals surface area contributed by atoms with Gasteiger partial charge in [0.2, 0.25) is 0 Å². The van der Waals surface area contributed by atoms with Gasteiger partial charge in [-0.25, -0.2) is 4.98 Å². The van der Waals surface area contributed by atoms with Gasteiger partial charge in [-0.05, 0) is 46.0 Å². The number of thiazole rings is 1. The third-order valence-electron chi connectivity index (χ3n) is 4.73. The number of unbranched alkanes of at least 4 members (excludes halogenated alkanes) is 2. The number of hydrogen-bond acceptors (Lipinski definition) is 4. The summed E-state index contributed by atoms with van der Waals surface area (Å²) in [6.07, 6.45) is 10.6. The summed E-state index contributed by atoms with van der Waals surface area (Å²) in [5, 5.41) is 6.62. The van der Waals surface area contributed by atoms with E-state index < -0.39 is 0 Å². The molecule has 1 N–H and O–H groups in total. The molecule has 0 unspecified atom stereocenters. The Labute approximate surface area is 163 Å². The maximum Gasteiger partial charge on any atom is 0.194 e. The van der Waals surface area contributed by atoms with Crippen LogP contribution in [0.25, 0.3) is 0 Å². The molecular weight excluding hydrogens is 344 g/mol. The second-order valence-electron chi connectivity index (χ2n) is 7.14. The van der Waals surface area contributed by atoms with E-state index in [-0.39, 0.29) is 0 Å². The zero-order valence-electron chi connectivity index (χ0n) is 16.8. The van der Waals surface area contributed by atoms with Gasteiger partial charge in [0.25, 0.3) is 0 Å². The molecule has 1 aliphatic rings. The number of rotatable bonds is 10. The van der Waals surface area contributed by atoms with Crippen molar-refractivity contribution in [2.45, 2.75) is 77.9 Å². The van der Waals surface area contributed by atoms with Crippen LogP contribution in [0, 0.1) is 6.92 Å². The predicted octanol–water partition coefficient (Wildman–Crippen LogP) is 4.37. The molecule has 0 saturated heterocycles. The molecule has 26 heavy (non-hydrogen) atoms. The monoisotopic (exact) mass is 380 g/mol. The lowest BCUT2D eigenvalue weighted by molar-refractivity contribution is 0.0264. The van der Waals surface area contributed by atoms with E-state index in [1.165, 1.54) is 38.5 Å².